The molecule has 0 radical (unpaired) electrons. The van der Waals surface area contributed by atoms with Crippen molar-refractivity contribution in [3.63, 3.8) is 0 Å². The molecule has 0 aromatic carbocycles. The van der Waals surface area contributed by atoms with Gasteiger partial charge in [-0.15, -0.1) is 0 Å². The van der Waals surface area contributed by atoms with Crippen LogP contribution in [0, 0.1) is 0 Å². The Morgan fingerprint density at radius 2 is 2.11 bits per heavy atom. The molecule has 18 heavy (non-hydrogen) atoms. The Morgan fingerprint density at radius 3 is 3.00 bits per heavy atom. The Balaban J connectivity index is 1.67. The third-order valence-corrected chi connectivity index (χ3v) is 4.98. The number of thioether (sulfide) groups is 1. The van der Waals surface area contributed by atoms with Crippen molar-refractivity contribution in [2.24, 2.45) is 0 Å². The van der Waals surface area contributed by atoms with E-state index in [9.17, 15) is 0 Å². The molecule has 2 aliphatic heterocycles. The number of nitrogens with one attached hydrogen (secondary N) is 1. The van der Waals surface area contributed by atoms with Crippen LogP contribution in [0.2, 0.25) is 0 Å². The Kier molecular flexibility index (Phi) is 4.20. The average molecular weight is 267 g/mol. The quantitative estimate of drug-likeness (QED) is 0.893. The number of hydrogen-bond acceptors (Lipinski definition) is 5. The highest BCUT2D eigenvalue weighted by molar-refractivity contribution is 7.99. The number of rotatable bonds is 2. The highest BCUT2D eigenvalue weighted by Gasteiger charge is 2.24. The van der Waals surface area contributed by atoms with Crippen molar-refractivity contribution < 1.29 is 4.52 Å². The predicted molar refractivity (Wildman–Crippen MR) is 72.8 cm³/mol. The van der Waals surface area contributed by atoms with Gasteiger partial charge in [-0.25, -0.2) is 0 Å². The zero-order valence-corrected chi connectivity index (χ0v) is 11.5. The monoisotopic (exact) mass is 267 g/mol. The van der Waals surface area contributed by atoms with Crippen molar-refractivity contribution in [1.82, 2.24) is 15.5 Å². The molecular formula is C13H21N3OS. The van der Waals surface area contributed by atoms with Crippen molar-refractivity contribution >= 4 is 11.8 Å². The minimum atomic E-state index is 0.292. The minimum Gasteiger partial charge on any atom is -0.338 e. The molecule has 1 aromatic rings. The van der Waals surface area contributed by atoms with Gasteiger partial charge in [-0.1, -0.05) is 11.6 Å². The molecule has 0 unspecified atom stereocenters. The largest absolute Gasteiger partial charge is 0.338 e. The Labute approximate surface area is 112 Å². The molecule has 0 bridgehead atoms. The van der Waals surface area contributed by atoms with E-state index in [1.54, 1.807) is 0 Å². The van der Waals surface area contributed by atoms with Gasteiger partial charge in [0, 0.05) is 5.92 Å². The highest BCUT2D eigenvalue weighted by Crippen LogP contribution is 2.30. The van der Waals surface area contributed by atoms with Gasteiger partial charge in [0.1, 0.15) is 0 Å². The zero-order chi connectivity index (χ0) is 12.2. The fourth-order valence-electron chi connectivity index (χ4n) is 2.78. The second kappa shape index (κ2) is 6.06. The van der Waals surface area contributed by atoms with Crippen LogP contribution >= 0.6 is 11.8 Å². The summed E-state index contributed by atoms with van der Waals surface area (Å²) in [6.07, 6.45) is 7.33. The maximum atomic E-state index is 5.47. The van der Waals surface area contributed by atoms with Gasteiger partial charge in [0.05, 0.1) is 6.04 Å². The number of nitrogens with zero attached hydrogens (tertiary/aromatic N) is 2. The van der Waals surface area contributed by atoms with Crippen molar-refractivity contribution in [3.05, 3.63) is 11.7 Å². The topological polar surface area (TPSA) is 51.0 Å². The van der Waals surface area contributed by atoms with Crippen molar-refractivity contribution in [2.45, 2.75) is 50.5 Å². The molecule has 100 valence electrons. The van der Waals surface area contributed by atoms with E-state index < -0.39 is 0 Å². The van der Waals surface area contributed by atoms with Gasteiger partial charge in [0.2, 0.25) is 5.89 Å². The van der Waals surface area contributed by atoms with Gasteiger partial charge >= 0.3 is 0 Å². The Morgan fingerprint density at radius 1 is 1.11 bits per heavy atom. The molecule has 2 fully saturated rings. The van der Waals surface area contributed by atoms with Gasteiger partial charge in [0.15, 0.2) is 5.82 Å². The lowest BCUT2D eigenvalue weighted by atomic mass is 10.00. The SMILES string of the molecule is C1CC[C@H](c2nc([C@@H]3CCCSCC3)no2)NC1. The summed E-state index contributed by atoms with van der Waals surface area (Å²) in [6, 6.07) is 0.292. The van der Waals surface area contributed by atoms with Crippen LogP contribution in [0.5, 0.6) is 0 Å². The number of aromatic nitrogens is 2. The predicted octanol–water partition coefficient (Wildman–Crippen LogP) is 2.88. The molecule has 5 heteroatoms. The van der Waals surface area contributed by atoms with E-state index in [0.29, 0.717) is 12.0 Å². The van der Waals surface area contributed by atoms with E-state index in [-0.39, 0.29) is 0 Å². The average Bonchev–Trinajstić information content (AvgIpc) is 2.76. The summed E-state index contributed by atoms with van der Waals surface area (Å²) in [5.74, 6) is 4.78. The molecule has 0 spiro atoms. The molecule has 0 aliphatic carbocycles. The molecule has 2 saturated heterocycles. The normalized spacial score (nSPS) is 30.0. The van der Waals surface area contributed by atoms with Crippen LogP contribution in [0.4, 0.5) is 0 Å². The summed E-state index contributed by atoms with van der Waals surface area (Å²) in [5.41, 5.74) is 0. The summed E-state index contributed by atoms with van der Waals surface area (Å²) >= 11 is 2.05. The lowest BCUT2D eigenvalue weighted by molar-refractivity contribution is 0.295. The summed E-state index contributed by atoms with van der Waals surface area (Å²) in [7, 11) is 0. The summed E-state index contributed by atoms with van der Waals surface area (Å²) in [6.45, 7) is 1.07. The van der Waals surface area contributed by atoms with Gasteiger partial charge in [-0.2, -0.15) is 16.7 Å². The standard InChI is InChI=1S/C13H21N3OS/c1-2-7-14-11(5-1)13-15-12(16-17-13)10-4-3-8-18-9-6-10/h10-11,14H,1-9H2/t10-,11-/m1/s1. The fourth-order valence-corrected chi connectivity index (χ4v) is 3.81. The molecule has 4 nitrogen and oxygen atoms in total. The molecule has 3 rings (SSSR count). The maximum Gasteiger partial charge on any atom is 0.243 e. The van der Waals surface area contributed by atoms with Crippen LogP contribution < -0.4 is 5.32 Å². The van der Waals surface area contributed by atoms with Crippen molar-refractivity contribution in [2.75, 3.05) is 18.1 Å². The zero-order valence-electron chi connectivity index (χ0n) is 10.7. The highest BCUT2D eigenvalue weighted by atomic mass is 32.2. The first-order valence-electron chi connectivity index (χ1n) is 7.08. The van der Waals surface area contributed by atoms with Crippen molar-refractivity contribution in [1.29, 1.82) is 0 Å². The van der Waals surface area contributed by atoms with E-state index in [1.165, 1.54) is 43.6 Å². The van der Waals surface area contributed by atoms with E-state index in [4.69, 9.17) is 4.52 Å². The Hall–Kier alpha value is -0.550. The molecular weight excluding hydrogens is 246 g/mol. The number of piperidine rings is 1. The molecule has 2 aliphatic rings. The summed E-state index contributed by atoms with van der Waals surface area (Å²) in [5, 5.41) is 7.68. The van der Waals surface area contributed by atoms with Gasteiger partial charge in [0.25, 0.3) is 0 Å². The van der Waals surface area contributed by atoms with E-state index >= 15 is 0 Å². The smallest absolute Gasteiger partial charge is 0.243 e. The first kappa shape index (κ1) is 12.5. The van der Waals surface area contributed by atoms with E-state index in [1.807, 2.05) is 0 Å². The lowest BCUT2D eigenvalue weighted by Gasteiger charge is -2.19. The second-order valence-electron chi connectivity index (χ2n) is 5.23. The van der Waals surface area contributed by atoms with Gasteiger partial charge < -0.3 is 9.84 Å². The van der Waals surface area contributed by atoms with E-state index in [0.717, 1.165) is 24.7 Å². The summed E-state index contributed by atoms with van der Waals surface area (Å²) in [4.78, 5) is 4.65. The number of hydrogen-bond donors (Lipinski definition) is 1. The van der Waals surface area contributed by atoms with Crippen LogP contribution in [0.1, 0.15) is 62.2 Å². The molecule has 3 heterocycles. The molecule has 0 amide bonds. The molecule has 2 atom stereocenters. The summed E-state index contributed by atoms with van der Waals surface area (Å²) < 4.78 is 5.47. The molecule has 1 aromatic heterocycles. The van der Waals surface area contributed by atoms with Crippen LogP contribution in [0.3, 0.4) is 0 Å². The van der Waals surface area contributed by atoms with Crippen molar-refractivity contribution in [3.8, 4) is 0 Å². The maximum absolute atomic E-state index is 5.47. The molecule has 1 N–H and O–H groups in total. The third-order valence-electron chi connectivity index (χ3n) is 3.88. The minimum absolute atomic E-state index is 0.292. The van der Waals surface area contributed by atoms with Crippen LogP contribution in [-0.4, -0.2) is 28.2 Å². The fraction of sp³-hybridized carbons (Fsp3) is 0.846. The van der Waals surface area contributed by atoms with Crippen LogP contribution in [-0.2, 0) is 0 Å². The van der Waals surface area contributed by atoms with Gasteiger partial charge in [-0.3, -0.25) is 0 Å². The van der Waals surface area contributed by atoms with Crippen LogP contribution in [0.15, 0.2) is 4.52 Å². The first-order valence-corrected chi connectivity index (χ1v) is 8.23. The first-order chi connectivity index (χ1) is 8.93. The molecule has 0 saturated carbocycles. The Bertz CT molecular complexity index is 368. The van der Waals surface area contributed by atoms with Gasteiger partial charge in [-0.05, 0) is 50.2 Å². The lowest BCUT2D eigenvalue weighted by Crippen LogP contribution is -2.27. The van der Waals surface area contributed by atoms with Crippen LogP contribution in [0.25, 0.3) is 0 Å². The van der Waals surface area contributed by atoms with E-state index in [2.05, 4.69) is 27.2 Å². The third kappa shape index (κ3) is 2.88. The second-order valence-corrected chi connectivity index (χ2v) is 6.46.